The van der Waals surface area contributed by atoms with Gasteiger partial charge in [-0.1, -0.05) is 0 Å². The van der Waals surface area contributed by atoms with Crippen LogP contribution in [0.2, 0.25) is 0 Å². The molecule has 0 saturated carbocycles. The van der Waals surface area contributed by atoms with E-state index < -0.39 is 0 Å². The third-order valence-corrected chi connectivity index (χ3v) is 2.96. The molecule has 5 heteroatoms. The highest BCUT2D eigenvalue weighted by molar-refractivity contribution is 5.80. The van der Waals surface area contributed by atoms with E-state index in [1.807, 2.05) is 18.9 Å². The molecule has 1 heterocycles. The molecule has 0 aliphatic carbocycles. The fraction of sp³-hybridized carbons (Fsp3) is 0.909. The van der Waals surface area contributed by atoms with E-state index >= 15 is 0 Å². The molecule has 1 fully saturated rings. The number of rotatable bonds is 4. The highest BCUT2D eigenvalue weighted by atomic mass is 16.5. The van der Waals surface area contributed by atoms with E-state index in [1.165, 1.54) is 0 Å². The molecule has 1 N–H and O–H groups in total. The quantitative estimate of drug-likeness (QED) is 0.698. The largest absolute Gasteiger partial charge is 0.374 e. The second-order valence-corrected chi connectivity index (χ2v) is 4.55. The van der Waals surface area contributed by atoms with Crippen molar-refractivity contribution in [2.45, 2.75) is 19.1 Å². The van der Waals surface area contributed by atoms with E-state index in [9.17, 15) is 4.79 Å². The zero-order valence-corrected chi connectivity index (χ0v) is 10.7. The molecule has 2 unspecified atom stereocenters. The molecule has 5 nitrogen and oxygen atoms in total. The predicted octanol–water partition coefficient (Wildman–Crippen LogP) is -0.617. The van der Waals surface area contributed by atoms with Crippen LogP contribution < -0.4 is 5.32 Å². The van der Waals surface area contributed by atoms with Crippen molar-refractivity contribution in [1.29, 1.82) is 0 Å². The Morgan fingerprint density at radius 3 is 2.69 bits per heavy atom. The molecule has 16 heavy (non-hydrogen) atoms. The lowest BCUT2D eigenvalue weighted by Gasteiger charge is -2.31. The number of carbonyl (C=O) groups excluding carboxylic acids is 1. The lowest BCUT2D eigenvalue weighted by Crippen LogP contribution is -2.49. The van der Waals surface area contributed by atoms with Gasteiger partial charge in [0, 0.05) is 33.7 Å². The molecule has 2 atom stereocenters. The molecular weight excluding hydrogens is 206 g/mol. The van der Waals surface area contributed by atoms with Gasteiger partial charge in [-0.05, 0) is 14.0 Å². The average Bonchev–Trinajstić information content (AvgIpc) is 2.28. The van der Waals surface area contributed by atoms with Gasteiger partial charge in [0.2, 0.25) is 5.91 Å². The number of likely N-dealkylation sites (N-methyl/N-ethyl adjacent to an activating group) is 2. The van der Waals surface area contributed by atoms with Gasteiger partial charge in [-0.3, -0.25) is 9.69 Å². The van der Waals surface area contributed by atoms with E-state index in [0.29, 0.717) is 0 Å². The second kappa shape index (κ2) is 6.18. The van der Waals surface area contributed by atoms with Crippen molar-refractivity contribution in [3.8, 4) is 0 Å². The number of carbonyl (C=O) groups is 1. The number of amides is 1. The number of nitrogens with zero attached hydrogens (tertiary/aromatic N) is 2. The molecule has 1 amide bonds. The molecule has 0 bridgehead atoms. The molecular formula is C11H23N3O2. The van der Waals surface area contributed by atoms with Crippen molar-refractivity contribution in [1.82, 2.24) is 15.1 Å². The van der Waals surface area contributed by atoms with Gasteiger partial charge in [-0.2, -0.15) is 0 Å². The smallest absolute Gasteiger partial charge is 0.239 e. The van der Waals surface area contributed by atoms with Crippen LogP contribution in [-0.4, -0.2) is 75.2 Å². The Morgan fingerprint density at radius 1 is 1.50 bits per heavy atom. The zero-order chi connectivity index (χ0) is 12.1. The number of morpholine rings is 1. The Labute approximate surface area is 97.7 Å². The first-order chi connectivity index (χ1) is 7.52. The zero-order valence-electron chi connectivity index (χ0n) is 10.7. The standard InChI is InChI=1S/C11H23N3O2/c1-9(11(15)13(2)3)14(4)8-10-7-12-5-6-16-10/h9-10,12H,5-8H2,1-4H3. The first-order valence-electron chi connectivity index (χ1n) is 5.76. The van der Waals surface area contributed by atoms with Crippen LogP contribution in [0.25, 0.3) is 0 Å². The summed E-state index contributed by atoms with van der Waals surface area (Å²) in [5.74, 6) is 0.131. The Balaban J connectivity index is 2.38. The summed E-state index contributed by atoms with van der Waals surface area (Å²) in [6.07, 6.45) is 0.191. The van der Waals surface area contributed by atoms with Crippen LogP contribution in [0, 0.1) is 0 Å². The normalized spacial score (nSPS) is 23.2. The topological polar surface area (TPSA) is 44.8 Å². The summed E-state index contributed by atoms with van der Waals surface area (Å²) in [6.45, 7) is 5.26. The first kappa shape index (κ1) is 13.4. The number of ether oxygens (including phenoxy) is 1. The maximum Gasteiger partial charge on any atom is 0.239 e. The maximum absolute atomic E-state index is 11.8. The molecule has 0 radical (unpaired) electrons. The number of hydrogen-bond donors (Lipinski definition) is 1. The van der Waals surface area contributed by atoms with E-state index in [1.54, 1.807) is 19.0 Å². The molecule has 1 saturated heterocycles. The van der Waals surface area contributed by atoms with Crippen molar-refractivity contribution in [2.75, 3.05) is 47.4 Å². The SMILES string of the molecule is CC(C(=O)N(C)C)N(C)CC1CNCCO1. The summed E-state index contributed by atoms with van der Waals surface area (Å²) in [5.41, 5.74) is 0. The summed E-state index contributed by atoms with van der Waals surface area (Å²) in [7, 11) is 5.53. The molecule has 1 aliphatic heterocycles. The Kier molecular flexibility index (Phi) is 5.18. The minimum absolute atomic E-state index is 0.0967. The van der Waals surface area contributed by atoms with Gasteiger partial charge in [0.25, 0.3) is 0 Å². The lowest BCUT2D eigenvalue weighted by atomic mass is 10.2. The van der Waals surface area contributed by atoms with Gasteiger partial charge in [0.1, 0.15) is 0 Å². The minimum Gasteiger partial charge on any atom is -0.374 e. The molecule has 94 valence electrons. The fourth-order valence-electron chi connectivity index (χ4n) is 1.78. The molecule has 0 aromatic rings. The molecule has 0 aromatic heterocycles. The van der Waals surface area contributed by atoms with Gasteiger partial charge < -0.3 is 15.0 Å². The van der Waals surface area contributed by atoms with E-state index in [-0.39, 0.29) is 18.1 Å². The molecule has 1 rings (SSSR count). The Bertz CT molecular complexity index is 227. The van der Waals surface area contributed by atoms with E-state index in [2.05, 4.69) is 5.32 Å². The Morgan fingerprint density at radius 2 is 2.19 bits per heavy atom. The van der Waals surface area contributed by atoms with Crippen molar-refractivity contribution >= 4 is 5.91 Å². The highest BCUT2D eigenvalue weighted by Crippen LogP contribution is 2.04. The van der Waals surface area contributed by atoms with E-state index in [0.717, 1.165) is 26.2 Å². The lowest BCUT2D eigenvalue weighted by molar-refractivity contribution is -0.134. The summed E-state index contributed by atoms with van der Waals surface area (Å²) in [6, 6.07) is -0.0967. The van der Waals surface area contributed by atoms with Crippen LogP contribution >= 0.6 is 0 Å². The summed E-state index contributed by atoms with van der Waals surface area (Å²) in [4.78, 5) is 15.4. The minimum atomic E-state index is -0.0967. The van der Waals surface area contributed by atoms with Crippen LogP contribution in [0.4, 0.5) is 0 Å². The van der Waals surface area contributed by atoms with Crippen LogP contribution in [0.1, 0.15) is 6.92 Å². The summed E-state index contributed by atoms with van der Waals surface area (Å²) in [5, 5.41) is 3.28. The number of hydrogen-bond acceptors (Lipinski definition) is 4. The van der Waals surface area contributed by atoms with Crippen molar-refractivity contribution in [3.63, 3.8) is 0 Å². The monoisotopic (exact) mass is 229 g/mol. The third-order valence-electron chi connectivity index (χ3n) is 2.96. The van der Waals surface area contributed by atoms with Crippen molar-refractivity contribution in [2.24, 2.45) is 0 Å². The van der Waals surface area contributed by atoms with Crippen LogP contribution in [0.15, 0.2) is 0 Å². The van der Waals surface area contributed by atoms with Crippen LogP contribution in [-0.2, 0) is 9.53 Å². The molecule has 0 spiro atoms. The highest BCUT2D eigenvalue weighted by Gasteiger charge is 2.23. The van der Waals surface area contributed by atoms with Gasteiger partial charge in [-0.25, -0.2) is 0 Å². The predicted molar refractivity (Wildman–Crippen MR) is 63.4 cm³/mol. The molecule has 0 aromatic carbocycles. The second-order valence-electron chi connectivity index (χ2n) is 4.55. The molecule has 1 aliphatic rings. The van der Waals surface area contributed by atoms with Crippen LogP contribution in [0.3, 0.4) is 0 Å². The van der Waals surface area contributed by atoms with Gasteiger partial charge >= 0.3 is 0 Å². The Hall–Kier alpha value is -0.650. The number of nitrogens with one attached hydrogen (secondary N) is 1. The summed E-state index contributed by atoms with van der Waals surface area (Å²) < 4.78 is 5.61. The third kappa shape index (κ3) is 3.73. The average molecular weight is 229 g/mol. The fourth-order valence-corrected chi connectivity index (χ4v) is 1.78. The van der Waals surface area contributed by atoms with Crippen molar-refractivity contribution in [3.05, 3.63) is 0 Å². The van der Waals surface area contributed by atoms with Gasteiger partial charge in [0.05, 0.1) is 18.8 Å². The van der Waals surface area contributed by atoms with Gasteiger partial charge in [0.15, 0.2) is 0 Å². The summed E-state index contributed by atoms with van der Waals surface area (Å²) >= 11 is 0. The van der Waals surface area contributed by atoms with Gasteiger partial charge in [-0.15, -0.1) is 0 Å². The maximum atomic E-state index is 11.8. The van der Waals surface area contributed by atoms with E-state index in [4.69, 9.17) is 4.74 Å². The first-order valence-corrected chi connectivity index (χ1v) is 5.76. The van der Waals surface area contributed by atoms with Crippen molar-refractivity contribution < 1.29 is 9.53 Å². The van der Waals surface area contributed by atoms with Crippen LogP contribution in [0.5, 0.6) is 0 Å².